The number of nitrogens with zero attached hydrogens (tertiary/aromatic N) is 3. The van der Waals surface area contributed by atoms with Crippen LogP contribution < -0.4 is 5.32 Å². The Labute approximate surface area is 196 Å². The molecule has 0 radical (unpaired) electrons. The van der Waals surface area contributed by atoms with E-state index in [9.17, 15) is 29.3 Å². The molecular formula is C22H18N4O7S. The molecule has 12 heteroatoms. The molecule has 0 unspecified atom stereocenters. The van der Waals surface area contributed by atoms with Crippen LogP contribution in [0.3, 0.4) is 0 Å². The van der Waals surface area contributed by atoms with Crippen molar-refractivity contribution in [1.29, 1.82) is 0 Å². The second-order valence-electron chi connectivity index (χ2n) is 7.29. The van der Waals surface area contributed by atoms with E-state index >= 15 is 0 Å². The van der Waals surface area contributed by atoms with Gasteiger partial charge in [0.05, 0.1) is 32.9 Å². The van der Waals surface area contributed by atoms with Crippen LogP contribution in [0.1, 0.15) is 50.8 Å². The van der Waals surface area contributed by atoms with Crippen molar-refractivity contribution in [2.45, 2.75) is 19.8 Å². The standard InChI is InChI=1S/C22H18N4O7S/c1-2-33-21(30)12-8-9-14-16(11-12)34-22(23-14)24-17(27)7-4-10-25-19(28)13-5-3-6-15(26(31)32)18(13)20(25)29/h3,5-6,8-9,11H,2,4,7,10H2,1H3,(H,23,24,27). The van der Waals surface area contributed by atoms with Crippen LogP contribution in [0.2, 0.25) is 0 Å². The van der Waals surface area contributed by atoms with E-state index in [4.69, 9.17) is 4.74 Å². The molecule has 1 aliphatic heterocycles. The molecule has 0 bridgehead atoms. The highest BCUT2D eigenvalue weighted by atomic mass is 32.1. The van der Waals surface area contributed by atoms with Gasteiger partial charge >= 0.3 is 5.97 Å². The third-order valence-corrected chi connectivity index (χ3v) is 6.04. The lowest BCUT2D eigenvalue weighted by Gasteiger charge is -2.13. The Bertz CT molecular complexity index is 1350. The molecule has 0 atom stereocenters. The molecule has 2 aromatic carbocycles. The number of thiazole rings is 1. The Morgan fingerprint density at radius 2 is 2.00 bits per heavy atom. The van der Waals surface area contributed by atoms with Gasteiger partial charge < -0.3 is 10.1 Å². The number of amides is 3. The molecule has 0 spiro atoms. The van der Waals surface area contributed by atoms with E-state index in [-0.39, 0.29) is 43.0 Å². The first-order chi connectivity index (χ1) is 16.3. The number of nitro benzene ring substituents is 1. The van der Waals surface area contributed by atoms with E-state index in [1.54, 1.807) is 25.1 Å². The molecule has 1 aromatic heterocycles. The van der Waals surface area contributed by atoms with Crippen molar-refractivity contribution in [3.63, 3.8) is 0 Å². The molecule has 4 rings (SSSR count). The second-order valence-corrected chi connectivity index (χ2v) is 8.32. The molecule has 1 aliphatic rings. The van der Waals surface area contributed by atoms with Crippen molar-refractivity contribution in [2.24, 2.45) is 0 Å². The smallest absolute Gasteiger partial charge is 0.338 e. The maximum absolute atomic E-state index is 12.6. The number of ether oxygens (including phenoxy) is 1. The molecule has 174 valence electrons. The van der Waals surface area contributed by atoms with Crippen LogP contribution in [-0.2, 0) is 9.53 Å². The molecule has 0 saturated heterocycles. The number of hydrogen-bond acceptors (Lipinski definition) is 9. The zero-order valence-corrected chi connectivity index (χ0v) is 18.7. The predicted octanol–water partition coefficient (Wildman–Crippen LogP) is 3.40. The number of rotatable bonds is 8. The van der Waals surface area contributed by atoms with E-state index in [0.29, 0.717) is 20.9 Å². The van der Waals surface area contributed by atoms with E-state index in [2.05, 4.69) is 10.3 Å². The number of fused-ring (bicyclic) bond motifs is 2. The number of nitro groups is 1. The van der Waals surface area contributed by atoms with Gasteiger partial charge in [-0.05, 0) is 37.6 Å². The zero-order valence-electron chi connectivity index (χ0n) is 17.9. The highest BCUT2D eigenvalue weighted by molar-refractivity contribution is 7.22. The lowest BCUT2D eigenvalue weighted by molar-refractivity contribution is -0.385. The number of hydrogen-bond donors (Lipinski definition) is 1. The van der Waals surface area contributed by atoms with Gasteiger partial charge in [0.25, 0.3) is 17.5 Å². The first kappa shape index (κ1) is 23.0. The van der Waals surface area contributed by atoms with Gasteiger partial charge in [-0.1, -0.05) is 17.4 Å². The molecule has 0 saturated carbocycles. The molecule has 3 aromatic rings. The van der Waals surface area contributed by atoms with E-state index < -0.39 is 28.4 Å². The summed E-state index contributed by atoms with van der Waals surface area (Å²) in [4.78, 5) is 65.0. The average Bonchev–Trinajstić information content (AvgIpc) is 3.31. The highest BCUT2D eigenvalue weighted by Gasteiger charge is 2.40. The average molecular weight is 482 g/mol. The van der Waals surface area contributed by atoms with Gasteiger partial charge in [-0.2, -0.15) is 0 Å². The third kappa shape index (κ3) is 4.35. The molecule has 11 nitrogen and oxygen atoms in total. The summed E-state index contributed by atoms with van der Waals surface area (Å²) in [6, 6.07) is 8.80. The number of carbonyl (C=O) groups excluding carboxylic acids is 4. The van der Waals surface area contributed by atoms with Gasteiger partial charge in [-0.15, -0.1) is 0 Å². The van der Waals surface area contributed by atoms with Crippen molar-refractivity contribution in [1.82, 2.24) is 9.88 Å². The summed E-state index contributed by atoms with van der Waals surface area (Å²) in [7, 11) is 0. The summed E-state index contributed by atoms with van der Waals surface area (Å²) >= 11 is 1.20. The van der Waals surface area contributed by atoms with Crippen LogP contribution in [0.25, 0.3) is 10.2 Å². The fourth-order valence-corrected chi connectivity index (χ4v) is 4.49. The number of benzene rings is 2. The van der Waals surface area contributed by atoms with Gasteiger partial charge in [-0.3, -0.25) is 29.4 Å². The van der Waals surface area contributed by atoms with Gasteiger partial charge in [0.15, 0.2) is 5.13 Å². The fourth-order valence-electron chi connectivity index (χ4n) is 3.57. The zero-order chi connectivity index (χ0) is 24.4. The maximum atomic E-state index is 12.6. The van der Waals surface area contributed by atoms with E-state index in [1.807, 2.05) is 0 Å². The van der Waals surface area contributed by atoms with Crippen molar-refractivity contribution in [3.8, 4) is 0 Å². The molecule has 2 heterocycles. The molecule has 0 aliphatic carbocycles. The lowest BCUT2D eigenvalue weighted by atomic mass is 10.1. The number of imide groups is 1. The maximum Gasteiger partial charge on any atom is 0.338 e. The predicted molar refractivity (Wildman–Crippen MR) is 122 cm³/mol. The number of aromatic nitrogens is 1. The molecule has 3 amide bonds. The number of anilines is 1. The van der Waals surface area contributed by atoms with Crippen LogP contribution in [0.5, 0.6) is 0 Å². The minimum absolute atomic E-state index is 0.000496. The van der Waals surface area contributed by atoms with Crippen molar-refractivity contribution >= 4 is 56.1 Å². The summed E-state index contributed by atoms with van der Waals surface area (Å²) in [5.74, 6) is -2.17. The van der Waals surface area contributed by atoms with Crippen LogP contribution in [0.4, 0.5) is 10.8 Å². The fraction of sp³-hybridized carbons (Fsp3) is 0.227. The Morgan fingerprint density at radius 3 is 2.74 bits per heavy atom. The van der Waals surface area contributed by atoms with Crippen molar-refractivity contribution in [3.05, 3.63) is 63.2 Å². The topological polar surface area (TPSA) is 149 Å². The van der Waals surface area contributed by atoms with Crippen LogP contribution in [0, 0.1) is 10.1 Å². The van der Waals surface area contributed by atoms with Crippen LogP contribution >= 0.6 is 11.3 Å². The summed E-state index contributed by atoms with van der Waals surface area (Å²) in [5.41, 5.74) is 0.343. The largest absolute Gasteiger partial charge is 0.462 e. The monoisotopic (exact) mass is 482 g/mol. The SMILES string of the molecule is CCOC(=O)c1ccc2nc(NC(=O)CCCN3C(=O)c4cccc([N+](=O)[O-])c4C3=O)sc2c1. The minimum Gasteiger partial charge on any atom is -0.462 e. The molecular weight excluding hydrogens is 464 g/mol. The number of esters is 1. The lowest BCUT2D eigenvalue weighted by Crippen LogP contribution is -2.31. The van der Waals surface area contributed by atoms with Gasteiger partial charge in [-0.25, -0.2) is 9.78 Å². The third-order valence-electron chi connectivity index (χ3n) is 5.11. The van der Waals surface area contributed by atoms with Crippen molar-refractivity contribution < 1.29 is 28.8 Å². The Hall–Kier alpha value is -4.19. The quantitative estimate of drug-likeness (QED) is 0.222. The number of nitrogens with one attached hydrogen (secondary N) is 1. The summed E-state index contributed by atoms with van der Waals surface area (Å²) in [6.45, 7) is 1.92. The van der Waals surface area contributed by atoms with Crippen LogP contribution in [-0.4, -0.2) is 51.6 Å². The molecule has 0 fully saturated rings. The summed E-state index contributed by atoms with van der Waals surface area (Å²) in [6.07, 6.45) is 0.169. The number of carbonyl (C=O) groups is 4. The normalized spacial score (nSPS) is 12.7. The van der Waals surface area contributed by atoms with Gasteiger partial charge in [0.1, 0.15) is 5.56 Å². The summed E-state index contributed by atoms with van der Waals surface area (Å²) in [5, 5.41) is 14.2. The molecule has 1 N–H and O–H groups in total. The highest BCUT2D eigenvalue weighted by Crippen LogP contribution is 2.31. The molecule has 34 heavy (non-hydrogen) atoms. The first-order valence-electron chi connectivity index (χ1n) is 10.3. The second kappa shape index (κ2) is 9.35. The van der Waals surface area contributed by atoms with Crippen molar-refractivity contribution in [2.75, 3.05) is 18.5 Å². The Balaban J connectivity index is 1.36. The Morgan fingerprint density at radius 1 is 1.21 bits per heavy atom. The summed E-state index contributed by atoms with van der Waals surface area (Å²) < 4.78 is 5.68. The minimum atomic E-state index is -0.740. The van der Waals surface area contributed by atoms with E-state index in [1.165, 1.54) is 29.5 Å². The van der Waals surface area contributed by atoms with E-state index in [0.717, 1.165) is 4.90 Å². The first-order valence-corrected chi connectivity index (χ1v) is 11.1. The van der Waals surface area contributed by atoms with Gasteiger partial charge in [0, 0.05) is 19.0 Å². The van der Waals surface area contributed by atoms with Crippen LogP contribution in [0.15, 0.2) is 36.4 Å². The van der Waals surface area contributed by atoms with Gasteiger partial charge in [0.2, 0.25) is 5.91 Å². The Kier molecular flexibility index (Phi) is 6.32.